The highest BCUT2D eigenvalue weighted by atomic mass is 16.3. The maximum Gasteiger partial charge on any atom is 0.115 e. The molecule has 0 saturated heterocycles. The Morgan fingerprint density at radius 2 is 1.08 bits per heavy atom. The molecule has 2 N–H and O–H groups in total. The molecular weight excluding hydrogens is 298 g/mol. The molecular formula is C21H17NO2. The number of rotatable bonds is 4. The van der Waals surface area contributed by atoms with Crippen LogP contribution < -0.4 is 0 Å². The number of benzene rings is 3. The minimum Gasteiger partial charge on any atom is -0.508 e. The molecule has 0 aliphatic heterocycles. The average molecular weight is 315 g/mol. The van der Waals surface area contributed by atoms with Crippen molar-refractivity contribution in [3.05, 3.63) is 95.6 Å². The Labute approximate surface area is 141 Å². The topological polar surface area (TPSA) is 64.2 Å². The molecule has 24 heavy (non-hydrogen) atoms. The standard InChI is InChI=1S/C21H17NO2/c22-14-20(15-4-2-1-3-5-15)21(16-6-10-18(23)11-7-16)17-8-12-19(24)13-9-17/h1-13,20-21,23-24H. The number of aromatic hydroxyl groups is 2. The smallest absolute Gasteiger partial charge is 0.115 e. The van der Waals surface area contributed by atoms with Crippen molar-refractivity contribution >= 4 is 0 Å². The summed E-state index contributed by atoms with van der Waals surface area (Å²) in [7, 11) is 0. The van der Waals surface area contributed by atoms with Crippen molar-refractivity contribution in [3.63, 3.8) is 0 Å². The van der Waals surface area contributed by atoms with Gasteiger partial charge in [0.05, 0.1) is 12.0 Å². The Morgan fingerprint density at radius 1 is 0.625 bits per heavy atom. The lowest BCUT2D eigenvalue weighted by molar-refractivity contribution is 0.475. The highest BCUT2D eigenvalue weighted by Crippen LogP contribution is 2.39. The zero-order chi connectivity index (χ0) is 16.9. The second-order valence-electron chi connectivity index (χ2n) is 5.68. The summed E-state index contributed by atoms with van der Waals surface area (Å²) in [5, 5.41) is 29.0. The van der Waals surface area contributed by atoms with E-state index >= 15 is 0 Å². The van der Waals surface area contributed by atoms with Gasteiger partial charge in [0, 0.05) is 5.92 Å². The van der Waals surface area contributed by atoms with Crippen LogP contribution in [0.15, 0.2) is 78.9 Å². The Morgan fingerprint density at radius 3 is 1.50 bits per heavy atom. The van der Waals surface area contributed by atoms with E-state index in [4.69, 9.17) is 0 Å². The van der Waals surface area contributed by atoms with Crippen LogP contribution in [-0.2, 0) is 0 Å². The van der Waals surface area contributed by atoms with Crippen molar-refractivity contribution < 1.29 is 10.2 Å². The van der Waals surface area contributed by atoms with E-state index in [-0.39, 0.29) is 23.3 Å². The molecule has 0 bridgehead atoms. The van der Waals surface area contributed by atoms with Gasteiger partial charge in [0.15, 0.2) is 0 Å². The van der Waals surface area contributed by atoms with Gasteiger partial charge in [-0.3, -0.25) is 0 Å². The molecule has 0 saturated carbocycles. The Hall–Kier alpha value is -3.25. The van der Waals surface area contributed by atoms with E-state index in [1.807, 2.05) is 54.6 Å². The summed E-state index contributed by atoms with van der Waals surface area (Å²) in [4.78, 5) is 0. The fraction of sp³-hybridized carbons (Fsp3) is 0.0952. The second-order valence-corrected chi connectivity index (χ2v) is 5.68. The first-order chi connectivity index (χ1) is 11.7. The molecule has 0 aliphatic carbocycles. The molecule has 3 nitrogen and oxygen atoms in total. The van der Waals surface area contributed by atoms with Crippen molar-refractivity contribution in [3.8, 4) is 17.6 Å². The third-order valence-corrected chi connectivity index (χ3v) is 4.14. The molecule has 0 aromatic heterocycles. The van der Waals surface area contributed by atoms with Crippen molar-refractivity contribution in [1.82, 2.24) is 0 Å². The summed E-state index contributed by atoms with van der Waals surface area (Å²) in [5.74, 6) is -0.188. The van der Waals surface area contributed by atoms with Gasteiger partial charge in [-0.25, -0.2) is 0 Å². The lowest BCUT2D eigenvalue weighted by Gasteiger charge is -2.23. The molecule has 0 fully saturated rings. The summed E-state index contributed by atoms with van der Waals surface area (Å²) >= 11 is 0. The lowest BCUT2D eigenvalue weighted by atomic mass is 9.78. The van der Waals surface area contributed by atoms with Crippen LogP contribution >= 0.6 is 0 Å². The number of nitriles is 1. The van der Waals surface area contributed by atoms with Gasteiger partial charge < -0.3 is 10.2 Å². The fourth-order valence-electron chi connectivity index (χ4n) is 2.94. The van der Waals surface area contributed by atoms with Crippen molar-refractivity contribution in [1.29, 1.82) is 5.26 Å². The van der Waals surface area contributed by atoms with Gasteiger partial charge in [-0.15, -0.1) is 0 Å². The molecule has 0 amide bonds. The monoisotopic (exact) mass is 315 g/mol. The SMILES string of the molecule is N#CC(c1ccccc1)C(c1ccc(O)cc1)c1ccc(O)cc1. The summed E-state index contributed by atoms with van der Waals surface area (Å²) in [6.45, 7) is 0. The molecule has 0 spiro atoms. The van der Waals surface area contributed by atoms with Crippen molar-refractivity contribution in [2.45, 2.75) is 11.8 Å². The predicted molar refractivity (Wildman–Crippen MR) is 92.9 cm³/mol. The first kappa shape index (κ1) is 15.6. The number of hydrogen-bond donors (Lipinski definition) is 2. The Kier molecular flexibility index (Phi) is 4.49. The quantitative estimate of drug-likeness (QED) is 0.743. The third kappa shape index (κ3) is 3.23. The Bertz CT molecular complexity index is 788. The van der Waals surface area contributed by atoms with Crippen LogP contribution in [0.5, 0.6) is 11.5 Å². The molecule has 1 atom stereocenters. The van der Waals surface area contributed by atoms with Gasteiger partial charge in [-0.1, -0.05) is 54.6 Å². The molecule has 0 radical (unpaired) electrons. The highest BCUT2D eigenvalue weighted by Gasteiger charge is 2.26. The van der Waals surface area contributed by atoms with Crippen LogP contribution in [0.4, 0.5) is 0 Å². The number of phenols is 2. The van der Waals surface area contributed by atoms with Crippen LogP contribution in [0, 0.1) is 11.3 Å². The van der Waals surface area contributed by atoms with E-state index < -0.39 is 0 Å². The van der Waals surface area contributed by atoms with Crippen LogP contribution in [0.3, 0.4) is 0 Å². The number of nitrogens with zero attached hydrogens (tertiary/aromatic N) is 1. The minimum atomic E-state index is -0.375. The second kappa shape index (κ2) is 6.89. The van der Waals surface area contributed by atoms with Gasteiger partial charge in [0.1, 0.15) is 11.5 Å². The lowest BCUT2D eigenvalue weighted by Crippen LogP contribution is -2.11. The Balaban J connectivity index is 2.12. The summed E-state index contributed by atoms with van der Waals surface area (Å²) in [5.41, 5.74) is 2.81. The summed E-state index contributed by atoms with van der Waals surface area (Å²) in [6, 6.07) is 25.9. The van der Waals surface area contributed by atoms with Crippen molar-refractivity contribution in [2.24, 2.45) is 0 Å². The van der Waals surface area contributed by atoms with Gasteiger partial charge in [-0.2, -0.15) is 5.26 Å². The molecule has 0 aliphatic rings. The van der Waals surface area contributed by atoms with Crippen LogP contribution in [-0.4, -0.2) is 10.2 Å². The molecule has 1 unspecified atom stereocenters. The molecule has 118 valence electrons. The van der Waals surface area contributed by atoms with E-state index in [9.17, 15) is 15.5 Å². The molecule has 0 heterocycles. The van der Waals surface area contributed by atoms with E-state index in [1.54, 1.807) is 24.3 Å². The first-order valence-corrected chi connectivity index (χ1v) is 7.71. The van der Waals surface area contributed by atoms with Gasteiger partial charge >= 0.3 is 0 Å². The fourth-order valence-corrected chi connectivity index (χ4v) is 2.94. The molecule has 3 rings (SSSR count). The third-order valence-electron chi connectivity index (χ3n) is 4.14. The van der Waals surface area contributed by atoms with Gasteiger partial charge in [-0.05, 0) is 41.0 Å². The zero-order valence-corrected chi connectivity index (χ0v) is 13.0. The van der Waals surface area contributed by atoms with Crippen LogP contribution in [0.2, 0.25) is 0 Å². The van der Waals surface area contributed by atoms with E-state index in [2.05, 4.69) is 6.07 Å². The van der Waals surface area contributed by atoms with E-state index in [1.165, 1.54) is 0 Å². The van der Waals surface area contributed by atoms with Crippen LogP contribution in [0.1, 0.15) is 28.5 Å². The molecule has 3 aromatic carbocycles. The van der Waals surface area contributed by atoms with Gasteiger partial charge in [0.25, 0.3) is 0 Å². The maximum atomic E-state index is 9.83. The zero-order valence-electron chi connectivity index (χ0n) is 13.0. The predicted octanol–water partition coefficient (Wildman–Crippen LogP) is 4.54. The molecule has 3 heteroatoms. The minimum absolute atomic E-state index is 0.191. The van der Waals surface area contributed by atoms with Crippen LogP contribution in [0.25, 0.3) is 0 Å². The largest absolute Gasteiger partial charge is 0.508 e. The summed E-state index contributed by atoms with van der Waals surface area (Å²) < 4.78 is 0. The summed E-state index contributed by atoms with van der Waals surface area (Å²) in [6.07, 6.45) is 0. The van der Waals surface area contributed by atoms with Crippen molar-refractivity contribution in [2.75, 3.05) is 0 Å². The first-order valence-electron chi connectivity index (χ1n) is 7.71. The highest BCUT2D eigenvalue weighted by molar-refractivity contribution is 5.43. The van der Waals surface area contributed by atoms with E-state index in [0.29, 0.717) is 0 Å². The van der Waals surface area contributed by atoms with Gasteiger partial charge in [0.2, 0.25) is 0 Å². The maximum absolute atomic E-state index is 9.83. The normalized spacial score (nSPS) is 11.8. The number of phenolic OH excluding ortho intramolecular Hbond substituents is 2. The van der Waals surface area contributed by atoms with E-state index in [0.717, 1.165) is 16.7 Å². The average Bonchev–Trinajstić information content (AvgIpc) is 2.62. The number of hydrogen-bond acceptors (Lipinski definition) is 3. The molecule has 3 aromatic rings.